The predicted octanol–water partition coefficient (Wildman–Crippen LogP) is 3.05. The minimum Gasteiger partial charge on any atom is -0.491 e. The van der Waals surface area contributed by atoms with E-state index in [1.165, 1.54) is 18.5 Å². The second-order valence-electron chi connectivity index (χ2n) is 5.60. The first-order chi connectivity index (χ1) is 9.16. The molecule has 0 saturated carbocycles. The molecule has 0 aliphatic carbocycles. The van der Waals surface area contributed by atoms with Crippen LogP contribution in [0, 0.1) is 0 Å². The van der Waals surface area contributed by atoms with E-state index in [2.05, 4.69) is 55.3 Å². The van der Waals surface area contributed by atoms with Gasteiger partial charge in [-0.25, -0.2) is 0 Å². The van der Waals surface area contributed by atoms with Crippen molar-refractivity contribution in [2.45, 2.75) is 45.8 Å². The summed E-state index contributed by atoms with van der Waals surface area (Å²) in [5, 5.41) is 3.47. The number of anilines is 1. The Morgan fingerprint density at radius 1 is 1.21 bits per heavy atom. The molecule has 1 saturated heterocycles. The third-order valence-electron chi connectivity index (χ3n) is 3.56. The molecule has 1 atom stereocenters. The van der Waals surface area contributed by atoms with E-state index in [1.54, 1.807) is 0 Å². The van der Waals surface area contributed by atoms with E-state index >= 15 is 0 Å². The fourth-order valence-electron chi connectivity index (χ4n) is 2.56. The van der Waals surface area contributed by atoms with Crippen molar-refractivity contribution in [1.82, 2.24) is 5.32 Å². The average molecular weight is 262 g/mol. The zero-order valence-electron chi connectivity index (χ0n) is 12.4. The van der Waals surface area contributed by atoms with Gasteiger partial charge in [0.2, 0.25) is 0 Å². The molecule has 1 heterocycles. The molecule has 3 nitrogen and oxygen atoms in total. The second-order valence-corrected chi connectivity index (χ2v) is 5.60. The zero-order chi connectivity index (χ0) is 13.7. The zero-order valence-corrected chi connectivity index (χ0v) is 12.4. The number of hydrogen-bond donors (Lipinski definition) is 1. The van der Waals surface area contributed by atoms with Gasteiger partial charge in [-0.05, 0) is 71.0 Å². The first-order valence-electron chi connectivity index (χ1n) is 7.41. The largest absolute Gasteiger partial charge is 0.491 e. The van der Waals surface area contributed by atoms with Crippen LogP contribution in [0.5, 0.6) is 5.75 Å². The molecule has 1 aromatic rings. The SMILES string of the molecule is CC(C)Oc1ccc(N2CCCNCCC2C)cc1. The van der Waals surface area contributed by atoms with Gasteiger partial charge in [0, 0.05) is 18.3 Å². The van der Waals surface area contributed by atoms with Crippen LogP contribution < -0.4 is 15.0 Å². The third-order valence-corrected chi connectivity index (χ3v) is 3.56. The monoisotopic (exact) mass is 262 g/mol. The van der Waals surface area contributed by atoms with Crippen molar-refractivity contribution in [3.05, 3.63) is 24.3 Å². The summed E-state index contributed by atoms with van der Waals surface area (Å²) < 4.78 is 5.70. The van der Waals surface area contributed by atoms with E-state index in [0.717, 1.165) is 25.4 Å². The summed E-state index contributed by atoms with van der Waals surface area (Å²) in [5.74, 6) is 0.958. The Hall–Kier alpha value is -1.22. The molecule has 1 fully saturated rings. The molecule has 0 spiro atoms. The number of nitrogens with zero attached hydrogens (tertiary/aromatic N) is 1. The van der Waals surface area contributed by atoms with Crippen molar-refractivity contribution >= 4 is 5.69 Å². The van der Waals surface area contributed by atoms with Gasteiger partial charge in [0.1, 0.15) is 5.75 Å². The van der Waals surface area contributed by atoms with Gasteiger partial charge in [-0.3, -0.25) is 0 Å². The summed E-state index contributed by atoms with van der Waals surface area (Å²) in [5.41, 5.74) is 1.31. The molecule has 0 radical (unpaired) electrons. The Morgan fingerprint density at radius 3 is 2.63 bits per heavy atom. The second kappa shape index (κ2) is 6.80. The van der Waals surface area contributed by atoms with Crippen LogP contribution in [0.2, 0.25) is 0 Å². The Labute approximate surface area is 116 Å². The Balaban J connectivity index is 2.06. The van der Waals surface area contributed by atoms with Gasteiger partial charge in [0.15, 0.2) is 0 Å². The smallest absolute Gasteiger partial charge is 0.119 e. The Bertz CT molecular complexity index is 375. The van der Waals surface area contributed by atoms with Gasteiger partial charge in [0.25, 0.3) is 0 Å². The normalized spacial score (nSPS) is 21.1. The fourth-order valence-corrected chi connectivity index (χ4v) is 2.56. The van der Waals surface area contributed by atoms with Gasteiger partial charge in [-0.2, -0.15) is 0 Å². The fraction of sp³-hybridized carbons (Fsp3) is 0.625. The molecule has 0 aromatic heterocycles. The maximum absolute atomic E-state index is 5.70. The van der Waals surface area contributed by atoms with E-state index in [4.69, 9.17) is 4.74 Å². The highest BCUT2D eigenvalue weighted by atomic mass is 16.5. The van der Waals surface area contributed by atoms with Crippen molar-refractivity contribution < 1.29 is 4.74 Å². The number of rotatable bonds is 3. The topological polar surface area (TPSA) is 24.5 Å². The van der Waals surface area contributed by atoms with Crippen LogP contribution in [0.25, 0.3) is 0 Å². The van der Waals surface area contributed by atoms with E-state index in [1.807, 2.05) is 0 Å². The molecule has 0 bridgehead atoms. The van der Waals surface area contributed by atoms with E-state index in [9.17, 15) is 0 Å². The standard InChI is InChI=1S/C16H26N2O/c1-13(2)19-16-7-5-15(6-8-16)18-12-4-10-17-11-9-14(18)3/h5-8,13-14,17H,4,9-12H2,1-3H3. The highest BCUT2D eigenvalue weighted by Crippen LogP contribution is 2.23. The predicted molar refractivity (Wildman–Crippen MR) is 81.1 cm³/mol. The maximum Gasteiger partial charge on any atom is 0.119 e. The summed E-state index contributed by atoms with van der Waals surface area (Å²) in [6.07, 6.45) is 2.64. The third kappa shape index (κ3) is 4.13. The van der Waals surface area contributed by atoms with Gasteiger partial charge >= 0.3 is 0 Å². The molecule has 1 aliphatic rings. The Kier molecular flexibility index (Phi) is 5.08. The number of hydrogen-bond acceptors (Lipinski definition) is 3. The van der Waals surface area contributed by atoms with Crippen LogP contribution in [0.1, 0.15) is 33.6 Å². The number of benzene rings is 1. The Morgan fingerprint density at radius 2 is 1.95 bits per heavy atom. The van der Waals surface area contributed by atoms with E-state index < -0.39 is 0 Å². The van der Waals surface area contributed by atoms with Crippen molar-refractivity contribution in [3.8, 4) is 5.75 Å². The van der Waals surface area contributed by atoms with Crippen molar-refractivity contribution in [3.63, 3.8) is 0 Å². The minimum absolute atomic E-state index is 0.234. The first kappa shape index (κ1) is 14.2. The molecular weight excluding hydrogens is 236 g/mol. The summed E-state index contributed by atoms with van der Waals surface area (Å²) in [4.78, 5) is 2.51. The maximum atomic E-state index is 5.70. The molecule has 106 valence electrons. The lowest BCUT2D eigenvalue weighted by atomic mass is 10.1. The lowest BCUT2D eigenvalue weighted by Crippen LogP contribution is -2.40. The molecule has 3 heteroatoms. The van der Waals surface area contributed by atoms with Crippen LogP contribution in [-0.2, 0) is 0 Å². The molecule has 1 aliphatic heterocycles. The lowest BCUT2D eigenvalue weighted by Gasteiger charge is -2.33. The molecule has 19 heavy (non-hydrogen) atoms. The van der Waals surface area contributed by atoms with E-state index in [-0.39, 0.29) is 6.10 Å². The summed E-state index contributed by atoms with van der Waals surface area (Å²) in [7, 11) is 0. The summed E-state index contributed by atoms with van der Waals surface area (Å²) in [6.45, 7) is 9.79. The van der Waals surface area contributed by atoms with Gasteiger partial charge in [-0.1, -0.05) is 0 Å². The first-order valence-corrected chi connectivity index (χ1v) is 7.41. The number of ether oxygens (including phenoxy) is 1. The van der Waals surface area contributed by atoms with Crippen LogP contribution in [0.4, 0.5) is 5.69 Å². The molecule has 1 N–H and O–H groups in total. The quantitative estimate of drug-likeness (QED) is 0.906. The average Bonchev–Trinajstić information content (AvgIpc) is 2.35. The van der Waals surface area contributed by atoms with Crippen molar-refractivity contribution in [2.75, 3.05) is 24.5 Å². The summed E-state index contributed by atoms with van der Waals surface area (Å²) in [6, 6.07) is 9.12. The molecule has 2 rings (SSSR count). The van der Waals surface area contributed by atoms with Crippen LogP contribution in [0.15, 0.2) is 24.3 Å². The minimum atomic E-state index is 0.234. The van der Waals surface area contributed by atoms with Crippen molar-refractivity contribution in [1.29, 1.82) is 0 Å². The van der Waals surface area contributed by atoms with Crippen LogP contribution >= 0.6 is 0 Å². The van der Waals surface area contributed by atoms with Gasteiger partial charge < -0.3 is 15.0 Å². The summed E-state index contributed by atoms with van der Waals surface area (Å²) >= 11 is 0. The van der Waals surface area contributed by atoms with Crippen LogP contribution in [0.3, 0.4) is 0 Å². The van der Waals surface area contributed by atoms with Crippen LogP contribution in [-0.4, -0.2) is 31.8 Å². The van der Waals surface area contributed by atoms with Gasteiger partial charge in [0.05, 0.1) is 6.10 Å². The number of nitrogens with one attached hydrogen (secondary N) is 1. The molecule has 0 amide bonds. The highest BCUT2D eigenvalue weighted by Gasteiger charge is 2.16. The van der Waals surface area contributed by atoms with E-state index in [0.29, 0.717) is 6.04 Å². The van der Waals surface area contributed by atoms with Crippen molar-refractivity contribution in [2.24, 2.45) is 0 Å². The molecule has 1 unspecified atom stereocenters. The van der Waals surface area contributed by atoms with Gasteiger partial charge in [-0.15, -0.1) is 0 Å². The highest BCUT2D eigenvalue weighted by molar-refractivity contribution is 5.50. The molecule has 1 aromatic carbocycles. The molecular formula is C16H26N2O. The lowest BCUT2D eigenvalue weighted by molar-refractivity contribution is 0.242.